The first kappa shape index (κ1) is 14.2. The minimum Gasteiger partial charge on any atom is -0.481 e. The Bertz CT molecular complexity index is 420. The van der Waals surface area contributed by atoms with Crippen molar-refractivity contribution in [1.29, 1.82) is 0 Å². The normalized spacial score (nSPS) is 10.1. The fourth-order valence-electron chi connectivity index (χ4n) is 1.51. The molecular formula is C13H16FNO3. The van der Waals surface area contributed by atoms with Crippen molar-refractivity contribution in [1.82, 2.24) is 5.32 Å². The molecule has 0 aliphatic carbocycles. The van der Waals surface area contributed by atoms with Crippen molar-refractivity contribution in [3.63, 3.8) is 0 Å². The van der Waals surface area contributed by atoms with Crippen molar-refractivity contribution in [2.75, 3.05) is 6.54 Å². The Kier molecular flexibility index (Phi) is 5.84. The predicted molar refractivity (Wildman–Crippen MR) is 64.8 cm³/mol. The summed E-state index contributed by atoms with van der Waals surface area (Å²) in [6, 6.07) is 5.49. The lowest BCUT2D eigenvalue weighted by Crippen LogP contribution is -2.24. The van der Waals surface area contributed by atoms with Gasteiger partial charge in [-0.05, 0) is 31.0 Å². The molecule has 2 N–H and O–H groups in total. The lowest BCUT2D eigenvalue weighted by molar-refractivity contribution is -0.137. The van der Waals surface area contributed by atoms with Crippen molar-refractivity contribution in [3.05, 3.63) is 35.6 Å². The highest BCUT2D eigenvalue weighted by atomic mass is 19.1. The summed E-state index contributed by atoms with van der Waals surface area (Å²) in [4.78, 5) is 21.8. The zero-order valence-electron chi connectivity index (χ0n) is 9.99. The average Bonchev–Trinajstić information content (AvgIpc) is 2.33. The van der Waals surface area contributed by atoms with E-state index in [9.17, 15) is 14.0 Å². The molecule has 18 heavy (non-hydrogen) atoms. The average molecular weight is 253 g/mol. The summed E-state index contributed by atoms with van der Waals surface area (Å²) < 4.78 is 12.9. The van der Waals surface area contributed by atoms with Crippen LogP contribution < -0.4 is 5.32 Å². The van der Waals surface area contributed by atoms with Gasteiger partial charge in [0.15, 0.2) is 0 Å². The zero-order chi connectivity index (χ0) is 13.4. The van der Waals surface area contributed by atoms with E-state index in [1.807, 2.05) is 0 Å². The van der Waals surface area contributed by atoms with Gasteiger partial charge in [0.05, 0.1) is 0 Å². The van der Waals surface area contributed by atoms with Gasteiger partial charge in [-0.1, -0.05) is 12.5 Å². The third-order valence-corrected chi connectivity index (χ3v) is 2.44. The predicted octanol–water partition coefficient (Wildman–Crippen LogP) is 2.20. The Morgan fingerprint density at radius 2 is 2.00 bits per heavy atom. The van der Waals surface area contributed by atoms with Gasteiger partial charge in [0.1, 0.15) is 5.82 Å². The number of carboxylic acid groups (broad SMARTS) is 1. The van der Waals surface area contributed by atoms with Crippen molar-refractivity contribution >= 4 is 11.9 Å². The number of unbranched alkanes of at least 4 members (excludes halogenated alkanes) is 2. The molecule has 0 heterocycles. The van der Waals surface area contributed by atoms with Gasteiger partial charge in [0, 0.05) is 18.5 Å². The van der Waals surface area contributed by atoms with Gasteiger partial charge < -0.3 is 10.4 Å². The van der Waals surface area contributed by atoms with E-state index in [1.165, 1.54) is 18.2 Å². The Balaban J connectivity index is 2.20. The lowest BCUT2D eigenvalue weighted by Gasteiger charge is -2.04. The van der Waals surface area contributed by atoms with Gasteiger partial charge in [-0.25, -0.2) is 4.39 Å². The summed E-state index contributed by atoms with van der Waals surface area (Å²) in [6.07, 6.45) is 2.22. The molecule has 0 aliphatic heterocycles. The smallest absolute Gasteiger partial charge is 0.303 e. The first-order valence-electron chi connectivity index (χ1n) is 5.85. The Hall–Kier alpha value is -1.91. The monoisotopic (exact) mass is 253 g/mol. The van der Waals surface area contributed by atoms with Crippen LogP contribution in [0.1, 0.15) is 36.0 Å². The van der Waals surface area contributed by atoms with Crippen molar-refractivity contribution in [3.8, 4) is 0 Å². The topological polar surface area (TPSA) is 66.4 Å². The van der Waals surface area contributed by atoms with Crippen LogP contribution in [0.25, 0.3) is 0 Å². The van der Waals surface area contributed by atoms with Crippen LogP contribution in [-0.4, -0.2) is 23.5 Å². The van der Waals surface area contributed by atoms with Crippen molar-refractivity contribution < 1.29 is 19.1 Å². The van der Waals surface area contributed by atoms with Gasteiger partial charge in [0.2, 0.25) is 0 Å². The lowest BCUT2D eigenvalue weighted by atomic mass is 10.2. The van der Waals surface area contributed by atoms with Gasteiger partial charge in [-0.15, -0.1) is 0 Å². The largest absolute Gasteiger partial charge is 0.481 e. The van der Waals surface area contributed by atoms with Gasteiger partial charge >= 0.3 is 5.97 Å². The van der Waals surface area contributed by atoms with Crippen LogP contribution in [0.5, 0.6) is 0 Å². The highest BCUT2D eigenvalue weighted by molar-refractivity contribution is 5.94. The molecule has 0 saturated heterocycles. The molecule has 1 aromatic carbocycles. The Morgan fingerprint density at radius 1 is 1.22 bits per heavy atom. The number of hydrogen-bond donors (Lipinski definition) is 2. The Morgan fingerprint density at radius 3 is 2.67 bits per heavy atom. The first-order valence-corrected chi connectivity index (χ1v) is 5.85. The molecule has 4 nitrogen and oxygen atoms in total. The number of aliphatic carboxylic acids is 1. The van der Waals surface area contributed by atoms with Crippen LogP contribution in [0.15, 0.2) is 24.3 Å². The van der Waals surface area contributed by atoms with E-state index in [1.54, 1.807) is 6.07 Å². The fraction of sp³-hybridized carbons (Fsp3) is 0.385. The van der Waals surface area contributed by atoms with Crippen LogP contribution in [0.3, 0.4) is 0 Å². The van der Waals surface area contributed by atoms with Crippen LogP contribution in [0.2, 0.25) is 0 Å². The van der Waals surface area contributed by atoms with E-state index in [2.05, 4.69) is 5.32 Å². The zero-order valence-corrected chi connectivity index (χ0v) is 9.99. The Labute approximate surface area is 105 Å². The second-order valence-corrected chi connectivity index (χ2v) is 3.97. The van der Waals surface area contributed by atoms with E-state index in [0.29, 0.717) is 24.9 Å². The minimum absolute atomic E-state index is 0.151. The molecular weight excluding hydrogens is 237 g/mol. The number of nitrogens with one attached hydrogen (secondary N) is 1. The molecule has 0 atom stereocenters. The number of carboxylic acids is 1. The molecule has 1 aromatic rings. The quantitative estimate of drug-likeness (QED) is 0.732. The van der Waals surface area contributed by atoms with Crippen molar-refractivity contribution in [2.45, 2.75) is 25.7 Å². The molecule has 5 heteroatoms. The van der Waals surface area contributed by atoms with E-state index >= 15 is 0 Å². The molecule has 0 fully saturated rings. The third kappa shape index (κ3) is 5.43. The van der Waals surface area contributed by atoms with Crippen LogP contribution in [0.4, 0.5) is 4.39 Å². The highest BCUT2D eigenvalue weighted by Crippen LogP contribution is 2.03. The number of hydrogen-bond acceptors (Lipinski definition) is 2. The molecule has 1 rings (SSSR count). The van der Waals surface area contributed by atoms with E-state index in [-0.39, 0.29) is 12.3 Å². The summed E-state index contributed by atoms with van der Waals surface area (Å²) in [7, 11) is 0. The highest BCUT2D eigenvalue weighted by Gasteiger charge is 2.05. The number of carbonyl (C=O) groups excluding carboxylic acids is 1. The van der Waals surface area contributed by atoms with Crippen LogP contribution >= 0.6 is 0 Å². The SMILES string of the molecule is O=C(O)CCCCCNC(=O)c1cccc(F)c1. The summed E-state index contributed by atoms with van der Waals surface area (Å²) in [5, 5.41) is 11.1. The summed E-state index contributed by atoms with van der Waals surface area (Å²) in [5.41, 5.74) is 0.292. The molecule has 0 spiro atoms. The summed E-state index contributed by atoms with van der Waals surface area (Å²) in [5.74, 6) is -1.56. The molecule has 98 valence electrons. The maximum atomic E-state index is 12.9. The van der Waals surface area contributed by atoms with E-state index in [4.69, 9.17) is 5.11 Å². The summed E-state index contributed by atoms with van der Waals surface area (Å²) >= 11 is 0. The molecule has 1 amide bonds. The second kappa shape index (κ2) is 7.42. The maximum absolute atomic E-state index is 12.9. The fourth-order valence-corrected chi connectivity index (χ4v) is 1.51. The van der Waals surface area contributed by atoms with Crippen LogP contribution in [-0.2, 0) is 4.79 Å². The van der Waals surface area contributed by atoms with E-state index in [0.717, 1.165) is 6.42 Å². The van der Waals surface area contributed by atoms with E-state index < -0.39 is 11.8 Å². The molecule has 0 saturated carbocycles. The first-order chi connectivity index (χ1) is 8.59. The molecule has 0 bridgehead atoms. The van der Waals surface area contributed by atoms with Gasteiger partial charge in [-0.3, -0.25) is 9.59 Å². The number of benzene rings is 1. The number of carbonyl (C=O) groups is 2. The number of halogens is 1. The van der Waals surface area contributed by atoms with Gasteiger partial charge in [-0.2, -0.15) is 0 Å². The molecule has 0 unspecified atom stereocenters. The third-order valence-electron chi connectivity index (χ3n) is 2.44. The number of rotatable bonds is 7. The van der Waals surface area contributed by atoms with Crippen LogP contribution in [0, 0.1) is 5.82 Å². The molecule has 0 radical (unpaired) electrons. The standard InChI is InChI=1S/C13H16FNO3/c14-11-6-4-5-10(9-11)13(18)15-8-3-1-2-7-12(16)17/h4-6,9H,1-3,7-8H2,(H,15,18)(H,16,17). The van der Waals surface area contributed by atoms with Gasteiger partial charge in [0.25, 0.3) is 5.91 Å². The molecule has 0 aliphatic rings. The summed E-state index contributed by atoms with van der Waals surface area (Å²) in [6.45, 7) is 0.467. The number of amides is 1. The minimum atomic E-state index is -0.807. The second-order valence-electron chi connectivity index (χ2n) is 3.97. The maximum Gasteiger partial charge on any atom is 0.303 e. The molecule has 0 aromatic heterocycles. The van der Waals surface area contributed by atoms with Crippen molar-refractivity contribution in [2.24, 2.45) is 0 Å².